The molecule has 0 aliphatic rings. The summed E-state index contributed by atoms with van der Waals surface area (Å²) in [6.07, 6.45) is 0. The predicted molar refractivity (Wildman–Crippen MR) is 93.4 cm³/mol. The second kappa shape index (κ2) is 5.89. The molecule has 8 heteroatoms. The summed E-state index contributed by atoms with van der Waals surface area (Å²) in [5.41, 5.74) is -1.50. The Labute approximate surface area is 143 Å². The minimum Gasteiger partial charge on any atom is -0.379 e. The van der Waals surface area contributed by atoms with Gasteiger partial charge in [-0.25, -0.2) is 4.79 Å². The molecule has 130 valence electrons. The fourth-order valence-corrected chi connectivity index (χ4v) is 3.88. The van der Waals surface area contributed by atoms with E-state index in [1.807, 2.05) is 24.3 Å². The van der Waals surface area contributed by atoms with E-state index in [1.165, 1.54) is 27.1 Å². The molecule has 2 aromatic carbocycles. The van der Waals surface area contributed by atoms with Gasteiger partial charge in [0.15, 0.2) is 4.90 Å². The number of benzene rings is 2. The van der Waals surface area contributed by atoms with Crippen LogP contribution >= 0.6 is 0 Å². The van der Waals surface area contributed by atoms with Gasteiger partial charge in [-0.05, 0) is 29.8 Å². The monoisotopic (exact) mass is 360 g/mol. The van der Waals surface area contributed by atoms with Crippen LogP contribution < -0.4 is 15.4 Å². The summed E-state index contributed by atoms with van der Waals surface area (Å²) >= 11 is 0. The van der Waals surface area contributed by atoms with Crippen LogP contribution in [0.15, 0.2) is 56.9 Å². The first-order valence-electron chi connectivity index (χ1n) is 7.42. The summed E-state index contributed by atoms with van der Waals surface area (Å²) in [6.45, 7) is 1.39. The first kappa shape index (κ1) is 17.0. The van der Waals surface area contributed by atoms with Crippen molar-refractivity contribution in [1.29, 1.82) is 0 Å². The maximum atomic E-state index is 12.6. The van der Waals surface area contributed by atoms with Gasteiger partial charge < -0.3 is 4.18 Å². The third-order valence-corrected chi connectivity index (χ3v) is 5.46. The zero-order chi connectivity index (χ0) is 18.4. The normalized spacial score (nSPS) is 11.6. The Balaban J connectivity index is 2.14. The molecule has 25 heavy (non-hydrogen) atoms. The Morgan fingerprint density at radius 2 is 1.56 bits per heavy atom. The van der Waals surface area contributed by atoms with Gasteiger partial charge in [0.1, 0.15) is 5.75 Å². The maximum absolute atomic E-state index is 12.6. The van der Waals surface area contributed by atoms with Gasteiger partial charge in [0.25, 0.3) is 5.56 Å². The molecule has 0 saturated carbocycles. The molecule has 0 fully saturated rings. The highest BCUT2D eigenvalue weighted by molar-refractivity contribution is 7.87. The fraction of sp³-hybridized carbons (Fsp3) is 0.176. The second-order valence-corrected chi connectivity index (χ2v) is 7.15. The van der Waals surface area contributed by atoms with Crippen molar-refractivity contribution in [3.63, 3.8) is 0 Å². The van der Waals surface area contributed by atoms with Crippen LogP contribution in [0.4, 0.5) is 0 Å². The van der Waals surface area contributed by atoms with E-state index in [9.17, 15) is 18.0 Å². The third-order valence-electron chi connectivity index (χ3n) is 4.08. The Morgan fingerprint density at radius 3 is 2.24 bits per heavy atom. The van der Waals surface area contributed by atoms with Crippen molar-refractivity contribution in [2.75, 3.05) is 0 Å². The minimum absolute atomic E-state index is 0.0221. The Kier molecular flexibility index (Phi) is 4.00. The highest BCUT2D eigenvalue weighted by Gasteiger charge is 2.27. The summed E-state index contributed by atoms with van der Waals surface area (Å²) in [6, 6.07) is 12.2. The van der Waals surface area contributed by atoms with E-state index in [0.717, 1.165) is 19.9 Å². The van der Waals surface area contributed by atoms with Crippen LogP contribution in [-0.2, 0) is 24.2 Å². The molecule has 0 amide bonds. The number of rotatable bonds is 3. The standard InChI is InChI=1S/C17H16N2O5S/c1-11-15(16(20)19(3)17(21)18(11)2)25(22,23)24-14-9-8-12-6-4-5-7-13(12)10-14/h4-10H,1-3H3. The number of hydrogen-bond donors (Lipinski definition) is 0. The molecule has 0 spiro atoms. The van der Waals surface area contributed by atoms with Crippen LogP contribution in [0.25, 0.3) is 10.8 Å². The van der Waals surface area contributed by atoms with E-state index in [0.29, 0.717) is 0 Å². The quantitative estimate of drug-likeness (QED) is 0.657. The van der Waals surface area contributed by atoms with E-state index in [4.69, 9.17) is 4.18 Å². The smallest absolute Gasteiger partial charge is 0.346 e. The molecule has 0 aliphatic carbocycles. The van der Waals surface area contributed by atoms with Crippen LogP contribution in [0, 0.1) is 6.92 Å². The molecule has 7 nitrogen and oxygen atoms in total. The van der Waals surface area contributed by atoms with Crippen molar-refractivity contribution in [2.45, 2.75) is 11.8 Å². The van der Waals surface area contributed by atoms with Crippen molar-refractivity contribution < 1.29 is 12.6 Å². The molecule has 0 saturated heterocycles. The summed E-state index contributed by atoms with van der Waals surface area (Å²) < 4.78 is 32.3. The van der Waals surface area contributed by atoms with Gasteiger partial charge >= 0.3 is 15.8 Å². The van der Waals surface area contributed by atoms with Gasteiger partial charge in [0.05, 0.1) is 0 Å². The molecule has 0 aliphatic heterocycles. The minimum atomic E-state index is -4.40. The summed E-state index contributed by atoms with van der Waals surface area (Å²) in [5, 5.41) is 1.74. The number of hydrogen-bond acceptors (Lipinski definition) is 5. The molecule has 1 heterocycles. The van der Waals surface area contributed by atoms with E-state index in [1.54, 1.807) is 12.1 Å². The number of aromatic nitrogens is 2. The van der Waals surface area contributed by atoms with Crippen LogP contribution in [0.3, 0.4) is 0 Å². The third kappa shape index (κ3) is 2.85. The lowest BCUT2D eigenvalue weighted by Gasteiger charge is -2.13. The SMILES string of the molecule is Cc1c(S(=O)(=O)Oc2ccc3ccccc3c2)c(=O)n(C)c(=O)n1C. The molecular formula is C17H16N2O5S. The van der Waals surface area contributed by atoms with Crippen molar-refractivity contribution in [2.24, 2.45) is 14.1 Å². The van der Waals surface area contributed by atoms with Gasteiger partial charge in [-0.2, -0.15) is 8.42 Å². The zero-order valence-corrected chi connectivity index (χ0v) is 14.7. The summed E-state index contributed by atoms with van der Waals surface area (Å²) in [5.74, 6) is 0.0917. The molecule has 1 aromatic heterocycles. The molecule has 0 unspecified atom stereocenters. The van der Waals surface area contributed by atoms with Gasteiger partial charge in [-0.15, -0.1) is 0 Å². The highest BCUT2D eigenvalue weighted by Crippen LogP contribution is 2.23. The topological polar surface area (TPSA) is 87.4 Å². The molecule has 0 bridgehead atoms. The van der Waals surface area contributed by atoms with Crippen molar-refractivity contribution in [1.82, 2.24) is 9.13 Å². The van der Waals surface area contributed by atoms with E-state index >= 15 is 0 Å². The lowest BCUT2D eigenvalue weighted by molar-refractivity contribution is 0.479. The van der Waals surface area contributed by atoms with E-state index < -0.39 is 26.3 Å². The first-order valence-corrected chi connectivity index (χ1v) is 8.83. The predicted octanol–water partition coefficient (Wildman–Crippen LogP) is 1.31. The van der Waals surface area contributed by atoms with Gasteiger partial charge in [-0.1, -0.05) is 30.3 Å². The molecule has 3 aromatic rings. The Hall–Kier alpha value is -2.87. The average molecular weight is 360 g/mol. The van der Waals surface area contributed by atoms with E-state index in [-0.39, 0.29) is 11.4 Å². The van der Waals surface area contributed by atoms with Gasteiger partial charge in [0, 0.05) is 19.8 Å². The van der Waals surface area contributed by atoms with Crippen LogP contribution in [0.5, 0.6) is 5.75 Å². The van der Waals surface area contributed by atoms with Crippen LogP contribution in [0.2, 0.25) is 0 Å². The molecule has 0 radical (unpaired) electrons. The lowest BCUT2D eigenvalue weighted by atomic mass is 10.1. The zero-order valence-electron chi connectivity index (χ0n) is 13.9. The molecule has 0 atom stereocenters. The largest absolute Gasteiger partial charge is 0.379 e. The first-order chi connectivity index (χ1) is 11.7. The maximum Gasteiger partial charge on any atom is 0.346 e. The van der Waals surface area contributed by atoms with Crippen molar-refractivity contribution >= 4 is 20.9 Å². The molecular weight excluding hydrogens is 344 g/mol. The van der Waals surface area contributed by atoms with Crippen LogP contribution in [0.1, 0.15) is 5.69 Å². The van der Waals surface area contributed by atoms with Gasteiger partial charge in [-0.3, -0.25) is 13.9 Å². The van der Waals surface area contributed by atoms with Crippen LogP contribution in [-0.4, -0.2) is 17.6 Å². The average Bonchev–Trinajstić information content (AvgIpc) is 2.57. The molecule has 0 N–H and O–H groups in total. The molecule has 3 rings (SSSR count). The Bertz CT molecular complexity index is 1210. The van der Waals surface area contributed by atoms with Crippen molar-refractivity contribution in [3.05, 3.63) is 69.0 Å². The Morgan fingerprint density at radius 1 is 0.920 bits per heavy atom. The lowest BCUT2D eigenvalue weighted by Crippen LogP contribution is -2.41. The fourth-order valence-electron chi connectivity index (χ4n) is 2.59. The number of nitrogens with zero attached hydrogens (tertiary/aromatic N) is 2. The van der Waals surface area contributed by atoms with Gasteiger partial charge in [0.2, 0.25) is 0 Å². The highest BCUT2D eigenvalue weighted by atomic mass is 32.2. The summed E-state index contributed by atoms with van der Waals surface area (Å²) in [7, 11) is -1.78. The second-order valence-electron chi connectivity index (χ2n) is 5.67. The number of fused-ring (bicyclic) bond motifs is 1. The van der Waals surface area contributed by atoms with E-state index in [2.05, 4.69) is 0 Å². The van der Waals surface area contributed by atoms with Crippen molar-refractivity contribution in [3.8, 4) is 5.75 Å². The summed E-state index contributed by atoms with van der Waals surface area (Å²) in [4.78, 5) is 23.6.